The second-order valence-electron chi connectivity index (χ2n) is 14.2. The van der Waals surface area contributed by atoms with Crippen LogP contribution in [0.4, 0.5) is 5.69 Å². The number of anilines is 1. The first-order valence-corrected chi connectivity index (χ1v) is 18.7. The summed E-state index contributed by atoms with van der Waals surface area (Å²) in [6, 6.07) is 0. The Kier molecular flexibility index (Phi) is 13.4. The number of thioether (sulfide) groups is 1. The standard InChI is InChI=1S/C39H52N2O12S/c1-17-11-10-12-18(2)38(49)41-28-32(46)26-25(33(47)36(28)54-16-14-40)27-35(22(6)31(26)45)53-39(8,37(27)48)51-15-13-24(50-9)19(3)34(52-23(7)42)21(5)30(44)20(4)29(17)43/h10-13,15,17,19-21,24,29-30,34,43-47H,14,16,40H2,1-9H3,(H,41,49)/b11-10+,15-13+,18-12-/t17-,19+,20+,21+,24-,29-,30+,34+,39-/m0/s1. The molecular weight excluding hydrogens is 720 g/mol. The second-order valence-corrected chi connectivity index (χ2v) is 15.3. The Morgan fingerprint density at radius 2 is 1.65 bits per heavy atom. The van der Waals surface area contributed by atoms with Gasteiger partial charge >= 0.3 is 11.8 Å². The zero-order valence-electron chi connectivity index (χ0n) is 32.0. The number of methoxy groups -OCH3 is 1. The summed E-state index contributed by atoms with van der Waals surface area (Å²) in [6.07, 6.45) is 3.58. The number of aromatic hydroxyl groups is 3. The third-order valence-corrected chi connectivity index (χ3v) is 11.4. The predicted octanol–water partition coefficient (Wildman–Crippen LogP) is 4.80. The molecule has 3 heterocycles. The van der Waals surface area contributed by atoms with Crippen LogP contribution in [0.5, 0.6) is 23.0 Å². The number of carbonyl (C=O) groups excluding carboxylic acids is 3. The fourth-order valence-electron chi connectivity index (χ4n) is 7.00. The summed E-state index contributed by atoms with van der Waals surface area (Å²) < 4.78 is 23.4. The molecule has 14 nitrogen and oxygen atoms in total. The number of esters is 1. The van der Waals surface area contributed by atoms with E-state index < -0.39 is 88.8 Å². The van der Waals surface area contributed by atoms with Crippen molar-refractivity contribution in [3.05, 3.63) is 47.3 Å². The minimum atomic E-state index is -2.02. The summed E-state index contributed by atoms with van der Waals surface area (Å²) in [5, 5.41) is 59.7. The highest BCUT2D eigenvalue weighted by atomic mass is 32.2. The number of ketones is 1. The van der Waals surface area contributed by atoms with Crippen LogP contribution in [0.25, 0.3) is 10.8 Å². The Balaban J connectivity index is 1.95. The first-order chi connectivity index (χ1) is 25.3. The Morgan fingerprint density at radius 1 is 0.981 bits per heavy atom. The number of aliphatic hydroxyl groups excluding tert-OH is 2. The average Bonchev–Trinajstić information content (AvgIpc) is 3.39. The van der Waals surface area contributed by atoms with Crippen LogP contribution in [0, 0.1) is 30.6 Å². The summed E-state index contributed by atoms with van der Waals surface area (Å²) in [5.74, 6) is -7.89. The molecule has 296 valence electrons. The average molecular weight is 773 g/mol. The van der Waals surface area contributed by atoms with E-state index in [2.05, 4.69) is 5.32 Å². The largest absolute Gasteiger partial charge is 0.507 e. The van der Waals surface area contributed by atoms with Crippen molar-refractivity contribution in [2.75, 3.05) is 24.7 Å². The number of nitrogens with two attached hydrogens (primary N) is 1. The summed E-state index contributed by atoms with van der Waals surface area (Å²) >= 11 is 1.02. The number of benzene rings is 2. The number of nitrogens with one attached hydrogen (secondary N) is 1. The van der Waals surface area contributed by atoms with Gasteiger partial charge in [0.05, 0.1) is 40.4 Å². The highest BCUT2D eigenvalue weighted by molar-refractivity contribution is 7.99. The van der Waals surface area contributed by atoms with Crippen LogP contribution in [0.1, 0.15) is 64.4 Å². The summed E-state index contributed by atoms with van der Waals surface area (Å²) in [7, 11) is 1.43. The van der Waals surface area contributed by atoms with E-state index in [-0.39, 0.29) is 56.1 Å². The van der Waals surface area contributed by atoms with Crippen LogP contribution in [0.15, 0.2) is 41.0 Å². The fraction of sp³-hybridized carbons (Fsp3) is 0.513. The van der Waals surface area contributed by atoms with Gasteiger partial charge in [0.15, 0.2) is 5.75 Å². The molecular formula is C39H52N2O12S. The van der Waals surface area contributed by atoms with E-state index >= 15 is 0 Å². The van der Waals surface area contributed by atoms with Crippen LogP contribution in [0.3, 0.4) is 0 Å². The van der Waals surface area contributed by atoms with Crippen molar-refractivity contribution in [1.82, 2.24) is 0 Å². The van der Waals surface area contributed by atoms with Crippen molar-refractivity contribution < 1.29 is 58.9 Å². The maximum absolute atomic E-state index is 14.2. The number of hydrogen-bond donors (Lipinski definition) is 7. The molecule has 0 fully saturated rings. The number of ether oxygens (including phenoxy) is 4. The topological polar surface area (TPSA) is 227 Å². The first-order valence-electron chi connectivity index (χ1n) is 17.7. The molecule has 3 aliphatic rings. The number of Topliss-reactive ketones (excluding diaryl/α,β-unsaturated/α-hetero) is 1. The van der Waals surface area contributed by atoms with Crippen LogP contribution in [0.2, 0.25) is 0 Å². The molecule has 0 radical (unpaired) electrons. The summed E-state index contributed by atoms with van der Waals surface area (Å²) in [6.45, 7) is 12.7. The predicted molar refractivity (Wildman–Crippen MR) is 204 cm³/mol. The van der Waals surface area contributed by atoms with E-state index in [4.69, 9.17) is 24.7 Å². The number of amides is 1. The third-order valence-electron chi connectivity index (χ3n) is 10.3. The Morgan fingerprint density at radius 3 is 2.26 bits per heavy atom. The minimum Gasteiger partial charge on any atom is -0.507 e. The van der Waals surface area contributed by atoms with Gasteiger partial charge in [-0.05, 0) is 19.9 Å². The van der Waals surface area contributed by atoms with Gasteiger partial charge in [-0.25, -0.2) is 0 Å². The molecule has 5 rings (SSSR count). The lowest BCUT2D eigenvalue weighted by Gasteiger charge is -2.38. The molecule has 9 atom stereocenters. The van der Waals surface area contributed by atoms with Gasteiger partial charge in [-0.1, -0.05) is 45.9 Å². The van der Waals surface area contributed by atoms with Crippen LogP contribution >= 0.6 is 11.8 Å². The minimum absolute atomic E-state index is 0.00189. The first kappa shape index (κ1) is 42.5. The molecule has 5 bridgehead atoms. The smallest absolute Gasteiger partial charge is 0.312 e. The molecule has 8 N–H and O–H groups in total. The highest BCUT2D eigenvalue weighted by Gasteiger charge is 2.50. The van der Waals surface area contributed by atoms with Gasteiger partial charge in [0.25, 0.3) is 11.7 Å². The second kappa shape index (κ2) is 17.0. The van der Waals surface area contributed by atoms with Crippen molar-refractivity contribution in [3.8, 4) is 23.0 Å². The summed E-state index contributed by atoms with van der Waals surface area (Å²) in [5.41, 5.74) is 5.65. The molecule has 0 saturated carbocycles. The summed E-state index contributed by atoms with van der Waals surface area (Å²) in [4.78, 5) is 40.0. The van der Waals surface area contributed by atoms with Gasteiger partial charge in [0.1, 0.15) is 29.0 Å². The number of hydrogen-bond acceptors (Lipinski definition) is 14. The molecule has 15 heteroatoms. The third kappa shape index (κ3) is 8.05. The highest BCUT2D eigenvalue weighted by Crippen LogP contribution is 2.57. The molecule has 0 unspecified atom stereocenters. The van der Waals surface area contributed by atoms with Crippen LogP contribution < -0.4 is 15.8 Å². The normalized spacial score (nSPS) is 31.7. The van der Waals surface area contributed by atoms with Crippen LogP contribution in [-0.4, -0.2) is 92.8 Å². The lowest BCUT2D eigenvalue weighted by molar-refractivity contribution is -0.160. The van der Waals surface area contributed by atoms with Gasteiger partial charge < -0.3 is 55.5 Å². The van der Waals surface area contributed by atoms with E-state index in [1.807, 2.05) is 0 Å². The lowest BCUT2D eigenvalue weighted by Crippen LogP contribution is -2.46. The molecule has 2 aromatic carbocycles. The van der Waals surface area contributed by atoms with Gasteiger partial charge in [-0.3, -0.25) is 14.4 Å². The number of carbonyl (C=O) groups is 3. The molecule has 0 spiro atoms. The number of phenolic OH excluding ortho intramolecular Hbond substituents is 3. The molecule has 2 aromatic rings. The van der Waals surface area contributed by atoms with E-state index in [0.29, 0.717) is 0 Å². The van der Waals surface area contributed by atoms with E-state index in [1.54, 1.807) is 39.8 Å². The monoisotopic (exact) mass is 772 g/mol. The molecule has 0 aromatic heterocycles. The maximum atomic E-state index is 14.2. The quantitative estimate of drug-likeness (QED) is 0.0938. The Hall–Kier alpha value is -4.28. The molecule has 0 saturated heterocycles. The Bertz CT molecular complexity index is 1880. The number of fused-ring (bicyclic) bond motifs is 14. The number of allylic oxidation sites excluding steroid dienone is 2. The molecule has 54 heavy (non-hydrogen) atoms. The SMILES string of the molecule is CO[C@H]1/C=C/O[C@@]2(C)Oc3c(C)c(O)c4c(O)c(c(SCCN)c(O)c4c3C2=O)NC(=O)/C(C)=C\C=C\[C@H](C)[C@H](O)[C@@H](C)[C@@H](O)[C@@H](C)[C@H](OC(C)=O)[C@@H]1C. The van der Waals surface area contributed by atoms with Crippen molar-refractivity contribution in [3.63, 3.8) is 0 Å². The molecule has 1 amide bonds. The number of rotatable bonds is 5. The number of phenols is 3. The van der Waals surface area contributed by atoms with Crippen LogP contribution in [-0.2, 0) is 23.8 Å². The number of aliphatic hydroxyl groups is 2. The maximum Gasteiger partial charge on any atom is 0.312 e. The van der Waals surface area contributed by atoms with Crippen molar-refractivity contribution in [2.45, 2.75) is 90.5 Å². The van der Waals surface area contributed by atoms with E-state index in [9.17, 15) is 39.9 Å². The van der Waals surface area contributed by atoms with E-state index in [0.717, 1.165) is 11.8 Å². The van der Waals surface area contributed by atoms with Crippen molar-refractivity contribution in [1.29, 1.82) is 0 Å². The zero-order valence-corrected chi connectivity index (χ0v) is 32.8. The van der Waals surface area contributed by atoms with Gasteiger partial charge in [0.2, 0.25) is 0 Å². The lowest BCUT2D eigenvalue weighted by atomic mass is 9.78. The van der Waals surface area contributed by atoms with Crippen molar-refractivity contribution >= 4 is 45.9 Å². The molecule has 0 aliphatic carbocycles. The van der Waals surface area contributed by atoms with E-state index in [1.165, 1.54) is 53.2 Å². The molecule has 3 aliphatic heterocycles. The van der Waals surface area contributed by atoms with Gasteiger partial charge in [0, 0.05) is 73.4 Å². The van der Waals surface area contributed by atoms with Crippen molar-refractivity contribution in [2.24, 2.45) is 29.4 Å². The zero-order chi connectivity index (χ0) is 40.4. The fourth-order valence-corrected chi connectivity index (χ4v) is 7.85. The Labute approximate surface area is 319 Å². The van der Waals surface area contributed by atoms with Gasteiger partial charge in [-0.15, -0.1) is 11.8 Å². The van der Waals surface area contributed by atoms with Gasteiger partial charge in [-0.2, -0.15) is 0 Å².